The van der Waals surface area contributed by atoms with Gasteiger partial charge in [-0.25, -0.2) is 23.7 Å². The molecule has 1 saturated heterocycles. The molecule has 1 aliphatic rings. The van der Waals surface area contributed by atoms with Gasteiger partial charge in [-0.3, -0.25) is 14.0 Å². The van der Waals surface area contributed by atoms with Crippen LogP contribution in [0.2, 0.25) is 0 Å². The molecule has 0 radical (unpaired) electrons. The van der Waals surface area contributed by atoms with Crippen LogP contribution in [0.25, 0.3) is 28.2 Å². The molecule has 1 N–H and O–H groups in total. The van der Waals surface area contributed by atoms with Crippen molar-refractivity contribution in [3.8, 4) is 28.3 Å². The Labute approximate surface area is 230 Å². The lowest BCUT2D eigenvalue weighted by atomic mass is 10.1. The Morgan fingerprint density at radius 1 is 1.02 bits per heavy atom. The first-order chi connectivity index (χ1) is 19.4. The van der Waals surface area contributed by atoms with Gasteiger partial charge in [0.25, 0.3) is 5.92 Å². The Balaban J connectivity index is 1.08. The molecule has 206 valence electrons. The van der Waals surface area contributed by atoms with Crippen molar-refractivity contribution in [2.24, 2.45) is 7.05 Å². The lowest BCUT2D eigenvalue weighted by molar-refractivity contribution is -0.0656. The number of alkyl halides is 2. The number of hydrogen-bond acceptors (Lipinski definition) is 7. The standard InChI is InChI=1S/C29H30F2N8O/c1-37-18-23(16-36-37)22-5-3-21(4-6-22)15-32-27-14-25(34-20-35-27)26-17-33-28-13-24(7-10-39(26)28)40-12-11-38-9-2-8-29(30,31)19-38/h3-7,10,13-14,16-18,20H,2,8-9,11-12,15,19H2,1H3,(H,32,34,35). The third kappa shape index (κ3) is 5.94. The van der Waals surface area contributed by atoms with E-state index in [0.29, 0.717) is 49.9 Å². The largest absolute Gasteiger partial charge is 0.492 e. The fourth-order valence-electron chi connectivity index (χ4n) is 4.94. The number of aromatic nitrogens is 6. The smallest absolute Gasteiger partial charge is 0.260 e. The molecule has 0 atom stereocenters. The number of anilines is 1. The van der Waals surface area contributed by atoms with Crippen LogP contribution in [0.15, 0.2) is 73.6 Å². The molecule has 40 heavy (non-hydrogen) atoms. The Hall–Kier alpha value is -4.38. The number of nitrogens with one attached hydrogen (secondary N) is 1. The van der Waals surface area contributed by atoms with Crippen LogP contribution in [-0.2, 0) is 13.6 Å². The van der Waals surface area contributed by atoms with Gasteiger partial charge in [0.05, 0.1) is 30.3 Å². The van der Waals surface area contributed by atoms with Crippen LogP contribution in [0.5, 0.6) is 5.75 Å². The number of aryl methyl sites for hydroxylation is 1. The highest BCUT2D eigenvalue weighted by Crippen LogP contribution is 2.27. The SMILES string of the molecule is Cn1cc(-c2ccc(CNc3cc(-c4cnc5cc(OCCN6CCCC(F)(F)C6)ccn45)ncn3)cc2)cn1. The minimum atomic E-state index is -2.61. The molecule has 0 saturated carbocycles. The quantitative estimate of drug-likeness (QED) is 0.282. The molecule has 4 aromatic heterocycles. The zero-order valence-electron chi connectivity index (χ0n) is 22.2. The van der Waals surface area contributed by atoms with Crippen molar-refractivity contribution in [2.45, 2.75) is 25.3 Å². The van der Waals surface area contributed by atoms with E-state index in [4.69, 9.17) is 4.74 Å². The van der Waals surface area contributed by atoms with Gasteiger partial charge in [0, 0.05) is 56.6 Å². The minimum Gasteiger partial charge on any atom is -0.492 e. The number of nitrogens with zero attached hydrogens (tertiary/aromatic N) is 7. The number of pyridine rings is 1. The molecule has 0 bridgehead atoms. The fraction of sp³-hybridized carbons (Fsp3) is 0.310. The minimum absolute atomic E-state index is 0.0334. The Bertz CT molecular complexity index is 1600. The lowest BCUT2D eigenvalue weighted by Crippen LogP contribution is -2.44. The Morgan fingerprint density at radius 2 is 1.90 bits per heavy atom. The molecule has 0 spiro atoms. The first-order valence-corrected chi connectivity index (χ1v) is 13.3. The molecule has 0 unspecified atom stereocenters. The molecular weight excluding hydrogens is 514 g/mol. The average molecular weight is 545 g/mol. The maximum atomic E-state index is 13.6. The van der Waals surface area contributed by atoms with Gasteiger partial charge in [0.15, 0.2) is 0 Å². The normalized spacial score (nSPS) is 15.4. The summed E-state index contributed by atoms with van der Waals surface area (Å²) in [5, 5.41) is 7.60. The first-order valence-electron chi connectivity index (χ1n) is 13.3. The summed E-state index contributed by atoms with van der Waals surface area (Å²) in [6.07, 6.45) is 9.49. The van der Waals surface area contributed by atoms with Crippen LogP contribution in [0, 0.1) is 0 Å². The number of ether oxygens (including phenoxy) is 1. The summed E-state index contributed by atoms with van der Waals surface area (Å²) in [7, 11) is 1.91. The molecule has 6 rings (SSSR count). The molecule has 9 nitrogen and oxygen atoms in total. The number of hydrogen-bond donors (Lipinski definition) is 1. The molecule has 1 aromatic carbocycles. The summed E-state index contributed by atoms with van der Waals surface area (Å²) in [5.41, 5.74) is 5.59. The third-order valence-electron chi connectivity index (χ3n) is 7.03. The van der Waals surface area contributed by atoms with Gasteiger partial charge in [-0.2, -0.15) is 5.10 Å². The summed E-state index contributed by atoms with van der Waals surface area (Å²) in [4.78, 5) is 15.1. The highest BCUT2D eigenvalue weighted by atomic mass is 19.3. The summed E-state index contributed by atoms with van der Waals surface area (Å²) >= 11 is 0. The number of imidazole rings is 1. The Kier molecular flexibility index (Phi) is 7.12. The molecule has 1 fully saturated rings. The van der Waals surface area contributed by atoms with Crippen LogP contribution < -0.4 is 10.1 Å². The predicted molar refractivity (Wildman–Crippen MR) is 148 cm³/mol. The van der Waals surface area contributed by atoms with Crippen molar-refractivity contribution >= 4 is 11.5 Å². The molecular formula is C29H30F2N8O. The molecule has 11 heteroatoms. The lowest BCUT2D eigenvalue weighted by Gasteiger charge is -2.32. The number of piperidine rings is 1. The summed E-state index contributed by atoms with van der Waals surface area (Å²) in [5.74, 6) is -1.25. The first kappa shape index (κ1) is 25.9. The highest BCUT2D eigenvalue weighted by Gasteiger charge is 2.34. The van der Waals surface area contributed by atoms with Crippen molar-refractivity contribution < 1.29 is 13.5 Å². The van der Waals surface area contributed by atoms with Gasteiger partial charge in [0.1, 0.15) is 30.1 Å². The van der Waals surface area contributed by atoms with Crippen LogP contribution in [-0.4, -0.2) is 66.2 Å². The number of rotatable bonds is 9. The Morgan fingerprint density at radius 3 is 2.70 bits per heavy atom. The topological polar surface area (TPSA) is 85.4 Å². The van der Waals surface area contributed by atoms with Gasteiger partial charge in [-0.1, -0.05) is 24.3 Å². The highest BCUT2D eigenvalue weighted by molar-refractivity contribution is 5.64. The van der Waals surface area contributed by atoms with Crippen LogP contribution >= 0.6 is 0 Å². The van der Waals surface area contributed by atoms with Crippen LogP contribution in [0.1, 0.15) is 18.4 Å². The second-order valence-electron chi connectivity index (χ2n) is 10.1. The molecule has 5 aromatic rings. The average Bonchev–Trinajstić information content (AvgIpc) is 3.58. The maximum Gasteiger partial charge on any atom is 0.260 e. The van der Waals surface area contributed by atoms with Crippen LogP contribution in [0.3, 0.4) is 0 Å². The molecule has 0 amide bonds. The van der Waals surface area contributed by atoms with Gasteiger partial charge in [-0.15, -0.1) is 0 Å². The summed E-state index contributed by atoms with van der Waals surface area (Å²) in [6, 6.07) is 13.9. The van der Waals surface area contributed by atoms with E-state index >= 15 is 0 Å². The van der Waals surface area contributed by atoms with E-state index in [-0.39, 0.29) is 13.0 Å². The van der Waals surface area contributed by atoms with Gasteiger partial charge in [-0.05, 0) is 30.2 Å². The number of likely N-dealkylation sites (tertiary alicyclic amines) is 1. The van der Waals surface area contributed by atoms with E-state index in [9.17, 15) is 8.78 Å². The fourth-order valence-corrected chi connectivity index (χ4v) is 4.94. The monoisotopic (exact) mass is 544 g/mol. The second kappa shape index (κ2) is 11.0. The summed E-state index contributed by atoms with van der Waals surface area (Å²) < 4.78 is 36.8. The third-order valence-corrected chi connectivity index (χ3v) is 7.03. The van der Waals surface area contributed by atoms with Crippen molar-refractivity contribution in [1.82, 2.24) is 34.0 Å². The van der Waals surface area contributed by atoms with E-state index in [1.807, 2.05) is 48.2 Å². The van der Waals surface area contributed by atoms with E-state index < -0.39 is 5.92 Å². The van der Waals surface area contributed by atoms with E-state index in [1.165, 1.54) is 6.33 Å². The van der Waals surface area contributed by atoms with Gasteiger partial charge < -0.3 is 10.1 Å². The van der Waals surface area contributed by atoms with Gasteiger partial charge >= 0.3 is 0 Å². The van der Waals surface area contributed by atoms with Crippen molar-refractivity contribution in [1.29, 1.82) is 0 Å². The van der Waals surface area contributed by atoms with Crippen molar-refractivity contribution in [3.63, 3.8) is 0 Å². The van der Waals surface area contributed by atoms with E-state index in [2.05, 4.69) is 49.6 Å². The molecule has 1 aliphatic heterocycles. The van der Waals surface area contributed by atoms with Gasteiger partial charge in [0.2, 0.25) is 0 Å². The zero-order chi connectivity index (χ0) is 27.5. The summed E-state index contributed by atoms with van der Waals surface area (Å²) in [6.45, 7) is 1.90. The zero-order valence-corrected chi connectivity index (χ0v) is 22.2. The second-order valence-corrected chi connectivity index (χ2v) is 10.1. The predicted octanol–water partition coefficient (Wildman–Crippen LogP) is 4.91. The van der Waals surface area contributed by atoms with Crippen molar-refractivity contribution in [3.05, 3.63) is 79.1 Å². The molecule has 0 aliphatic carbocycles. The number of benzene rings is 1. The molecule has 5 heterocycles. The number of fused-ring (bicyclic) bond motifs is 1. The maximum absolute atomic E-state index is 13.6. The van der Waals surface area contributed by atoms with Crippen molar-refractivity contribution in [2.75, 3.05) is 31.6 Å². The van der Waals surface area contributed by atoms with E-state index in [1.54, 1.807) is 15.8 Å². The van der Waals surface area contributed by atoms with Crippen LogP contribution in [0.4, 0.5) is 14.6 Å². The van der Waals surface area contributed by atoms with E-state index in [0.717, 1.165) is 28.1 Å². The number of halogens is 2.